The number of aliphatic hydroxyl groups is 3. The molecule has 1 aliphatic heterocycles. The van der Waals surface area contributed by atoms with Crippen molar-refractivity contribution in [1.29, 1.82) is 5.26 Å². The Balaban J connectivity index is 1.40. The van der Waals surface area contributed by atoms with Gasteiger partial charge in [0.25, 0.3) is 11.6 Å². The molecule has 7 rings (SSSR count). The van der Waals surface area contributed by atoms with Crippen LogP contribution in [0, 0.1) is 39.2 Å². The number of allylic oxidation sites excluding steroid dienone is 1. The van der Waals surface area contributed by atoms with Crippen molar-refractivity contribution >= 4 is 29.1 Å². The van der Waals surface area contributed by atoms with Gasteiger partial charge in [-0.15, -0.1) is 18.3 Å². The summed E-state index contributed by atoms with van der Waals surface area (Å²) < 4.78 is 26.8. The summed E-state index contributed by atoms with van der Waals surface area (Å²) in [5, 5.41) is 55.6. The van der Waals surface area contributed by atoms with Gasteiger partial charge < -0.3 is 44.0 Å². The van der Waals surface area contributed by atoms with E-state index in [1.54, 1.807) is 59.1 Å². The number of nitrogens with zero attached hydrogens (tertiary/aromatic N) is 4. The molecule has 1 fully saturated rings. The van der Waals surface area contributed by atoms with Crippen LogP contribution >= 0.6 is 11.8 Å². The Morgan fingerprint density at radius 1 is 0.957 bits per heavy atom. The van der Waals surface area contributed by atoms with Crippen LogP contribution in [0.3, 0.4) is 0 Å². The second-order valence-corrected chi connectivity index (χ2v) is 18.7. The molecule has 1 heterocycles. The van der Waals surface area contributed by atoms with Crippen LogP contribution in [0.5, 0.6) is 11.5 Å². The monoisotopic (exact) mass is 974 g/mol. The number of amides is 1. The van der Waals surface area contributed by atoms with Crippen LogP contribution in [0.25, 0.3) is 0 Å². The van der Waals surface area contributed by atoms with E-state index in [1.807, 2.05) is 30.3 Å². The molecule has 2 aliphatic carbocycles. The van der Waals surface area contributed by atoms with Gasteiger partial charge in [0.1, 0.15) is 24.1 Å². The second-order valence-electron chi connectivity index (χ2n) is 17.5. The van der Waals surface area contributed by atoms with Crippen molar-refractivity contribution in [2.45, 2.75) is 74.2 Å². The smallest absolute Gasteiger partial charge is 0.269 e. The summed E-state index contributed by atoms with van der Waals surface area (Å²) in [7, 11) is 0. The average Bonchev–Trinajstić information content (AvgIpc) is 3.38. The molecule has 0 saturated heterocycles. The minimum absolute atomic E-state index is 0.000826. The molecule has 0 bridgehead atoms. The fraction of sp³-hybridized carbons (Fsp3) is 0.426. The zero-order chi connectivity index (χ0) is 49.3. The molecule has 16 heteroatoms. The first-order valence-corrected chi connectivity index (χ1v) is 25.0. The maximum absolute atomic E-state index is 15.2. The van der Waals surface area contributed by atoms with Crippen LogP contribution in [0.15, 0.2) is 131 Å². The molecule has 3 N–H and O–H groups in total. The zero-order valence-corrected chi connectivity index (χ0v) is 40.1. The summed E-state index contributed by atoms with van der Waals surface area (Å²) in [4.78, 5) is 35.2. The van der Waals surface area contributed by atoms with Crippen LogP contribution in [-0.2, 0) is 20.9 Å². The number of thioether (sulfide) groups is 1. The fourth-order valence-electron chi connectivity index (χ4n) is 10.1. The number of carbonyl (C=O) groups excluding carboxylic acids is 1. The highest BCUT2D eigenvalue weighted by atomic mass is 32.2. The standard InChI is InChI=1S/C54H62N4O11S/c1-2-28-67-54-50(57(24-29-65-30-27-61)53(62)40-18-14-38(36-55)15-19-40)35-48(56-68-37-39-16-20-42(21-17-39)58(63)64)46-33-41(10-6-8-25-59)45(13-7-9-26-60)51(52(46)54)47-34-43(22-23-49(47)69-54)66-31-32-70-44-11-4-3-5-12-44/h2-5,11-12,14-23,33-34,41,45,50-52,59-61H,1,6-10,13,24-32,35,37H2. The van der Waals surface area contributed by atoms with Crippen LogP contribution in [0.2, 0.25) is 0 Å². The number of nitriles is 1. The molecule has 15 nitrogen and oxygen atoms in total. The van der Waals surface area contributed by atoms with Gasteiger partial charge in [-0.3, -0.25) is 14.9 Å². The number of nitro benzene ring substituents is 1. The third kappa shape index (κ3) is 12.4. The number of benzene rings is 4. The quantitative estimate of drug-likeness (QED) is 0.0168. The highest BCUT2D eigenvalue weighted by molar-refractivity contribution is 7.99. The van der Waals surface area contributed by atoms with Crippen molar-refractivity contribution in [3.8, 4) is 17.6 Å². The van der Waals surface area contributed by atoms with E-state index in [9.17, 15) is 30.7 Å². The molecule has 370 valence electrons. The third-order valence-electron chi connectivity index (χ3n) is 13.2. The highest BCUT2D eigenvalue weighted by Crippen LogP contribution is 2.62. The molecule has 70 heavy (non-hydrogen) atoms. The van der Waals surface area contributed by atoms with Gasteiger partial charge >= 0.3 is 0 Å². The predicted octanol–water partition coefficient (Wildman–Crippen LogP) is 8.62. The highest BCUT2D eigenvalue weighted by Gasteiger charge is 2.65. The number of hydrogen-bond acceptors (Lipinski definition) is 14. The SMILES string of the molecule is C=CCOC12Oc3ccc(OCCSc4ccccc4)cc3C3C(CCCCO)C(CCCCO)C=C(C(=NOCc4ccc([N+](=O)[O-])cc4)CC1N(CCOCCO)C(=O)c1ccc(C#N)cc1)C32. The first-order chi connectivity index (χ1) is 34.2. The van der Waals surface area contributed by atoms with Crippen molar-refractivity contribution < 1.29 is 48.8 Å². The van der Waals surface area contributed by atoms with E-state index >= 15 is 4.79 Å². The average molecular weight is 975 g/mol. The number of unbranched alkanes of at least 4 members (excludes halogenated alkanes) is 2. The Labute approximate surface area is 413 Å². The predicted molar refractivity (Wildman–Crippen MR) is 266 cm³/mol. The lowest BCUT2D eigenvalue weighted by atomic mass is 9.55. The lowest BCUT2D eigenvalue weighted by Gasteiger charge is -2.60. The number of ether oxygens (including phenoxy) is 4. The minimum atomic E-state index is -1.56. The number of non-ortho nitro benzene ring substituents is 1. The van der Waals surface area contributed by atoms with E-state index in [2.05, 4.69) is 36.9 Å². The van der Waals surface area contributed by atoms with E-state index < -0.39 is 22.7 Å². The van der Waals surface area contributed by atoms with Crippen LogP contribution < -0.4 is 9.47 Å². The topological polar surface area (TPSA) is 206 Å². The molecule has 4 aromatic carbocycles. The summed E-state index contributed by atoms with van der Waals surface area (Å²) in [5.41, 5.74) is 3.63. The largest absolute Gasteiger partial charge is 0.493 e. The lowest BCUT2D eigenvalue weighted by Crippen LogP contribution is -2.70. The molecule has 1 amide bonds. The van der Waals surface area contributed by atoms with Crippen molar-refractivity contribution in [2.24, 2.45) is 22.9 Å². The van der Waals surface area contributed by atoms with E-state index in [1.165, 1.54) is 12.1 Å². The Morgan fingerprint density at radius 2 is 1.71 bits per heavy atom. The molecule has 0 radical (unpaired) electrons. The number of rotatable bonds is 27. The third-order valence-corrected chi connectivity index (χ3v) is 14.1. The maximum Gasteiger partial charge on any atom is 0.269 e. The van der Waals surface area contributed by atoms with Crippen LogP contribution in [0.1, 0.15) is 77.9 Å². The van der Waals surface area contributed by atoms with Gasteiger partial charge in [0.15, 0.2) is 0 Å². The molecular formula is C54H62N4O11S. The lowest BCUT2D eigenvalue weighted by molar-refractivity contribution is -0.384. The molecule has 0 spiro atoms. The summed E-state index contributed by atoms with van der Waals surface area (Å²) in [6, 6.07) is 29.8. The zero-order valence-electron chi connectivity index (χ0n) is 39.3. The maximum atomic E-state index is 15.2. The summed E-state index contributed by atoms with van der Waals surface area (Å²) >= 11 is 1.71. The van der Waals surface area contributed by atoms with Gasteiger partial charge in [0.2, 0.25) is 5.79 Å². The van der Waals surface area contributed by atoms with Crippen molar-refractivity contribution in [1.82, 2.24) is 4.90 Å². The van der Waals surface area contributed by atoms with Crippen molar-refractivity contribution in [3.05, 3.63) is 154 Å². The fourth-order valence-corrected chi connectivity index (χ4v) is 10.8. The van der Waals surface area contributed by atoms with Crippen LogP contribution in [0.4, 0.5) is 5.69 Å². The second kappa shape index (κ2) is 25.7. The number of hydrogen-bond donors (Lipinski definition) is 3. The Morgan fingerprint density at radius 3 is 2.41 bits per heavy atom. The number of fused-ring (bicyclic) bond motifs is 2. The van der Waals surface area contributed by atoms with Crippen molar-refractivity contribution in [2.75, 3.05) is 58.5 Å². The first kappa shape index (κ1) is 51.8. The molecule has 1 saturated carbocycles. The van der Waals surface area contributed by atoms with Gasteiger partial charge in [-0.05, 0) is 115 Å². The Bertz CT molecular complexity index is 2460. The van der Waals surface area contributed by atoms with Gasteiger partial charge in [0, 0.05) is 66.0 Å². The molecule has 4 aromatic rings. The van der Waals surface area contributed by atoms with Gasteiger partial charge in [-0.25, -0.2) is 0 Å². The van der Waals surface area contributed by atoms with Gasteiger partial charge in [-0.2, -0.15) is 5.26 Å². The van der Waals surface area contributed by atoms with Crippen LogP contribution in [-0.4, -0.2) is 107 Å². The Kier molecular flexibility index (Phi) is 19.0. The van der Waals surface area contributed by atoms with E-state index in [0.717, 1.165) is 47.5 Å². The number of nitro groups is 1. The van der Waals surface area contributed by atoms with Gasteiger partial charge in [0.05, 0.1) is 61.2 Å². The number of carbonyl (C=O) groups is 1. The molecule has 3 aliphatic rings. The summed E-state index contributed by atoms with van der Waals surface area (Å²) in [6.07, 6.45) is 8.22. The number of oxime groups is 1. The Hall–Kier alpha value is -6.06. The molecule has 6 atom stereocenters. The normalized spacial score (nSPS) is 21.6. The number of aliphatic hydroxyl groups excluding tert-OH is 3. The first-order valence-electron chi connectivity index (χ1n) is 24.0. The van der Waals surface area contributed by atoms with Gasteiger partial charge in [-0.1, -0.05) is 48.3 Å². The summed E-state index contributed by atoms with van der Waals surface area (Å²) in [5.74, 6) is -0.940. The van der Waals surface area contributed by atoms with Crippen molar-refractivity contribution in [3.63, 3.8) is 0 Å². The molecule has 0 aromatic heterocycles. The minimum Gasteiger partial charge on any atom is -0.493 e. The van der Waals surface area contributed by atoms with E-state index in [4.69, 9.17) is 28.9 Å². The molecular weight excluding hydrogens is 913 g/mol. The van der Waals surface area contributed by atoms with E-state index in [-0.39, 0.29) is 88.6 Å². The van der Waals surface area contributed by atoms with E-state index in [0.29, 0.717) is 53.3 Å². The molecule has 6 unspecified atom stereocenters. The summed E-state index contributed by atoms with van der Waals surface area (Å²) in [6.45, 7) is 4.59.